The van der Waals surface area contributed by atoms with Gasteiger partial charge in [0.2, 0.25) is 0 Å². The molecule has 1 amide bonds. The van der Waals surface area contributed by atoms with Crippen molar-refractivity contribution >= 4 is 35.6 Å². The SMILES string of the molecule is Cc1nc2c(C(N)=O)cccn2c1-c1nc2c(c(NCc3cccc(B(O)O)c3)n1)NCC2. The summed E-state index contributed by atoms with van der Waals surface area (Å²) < 4.78 is 1.79. The van der Waals surface area contributed by atoms with Gasteiger partial charge in [-0.3, -0.25) is 9.20 Å². The summed E-state index contributed by atoms with van der Waals surface area (Å²) in [6.45, 7) is 3.04. The van der Waals surface area contributed by atoms with Crippen molar-refractivity contribution in [3.05, 3.63) is 65.1 Å². The van der Waals surface area contributed by atoms with Crippen LogP contribution in [0.25, 0.3) is 17.2 Å². The van der Waals surface area contributed by atoms with E-state index in [1.807, 2.05) is 19.2 Å². The van der Waals surface area contributed by atoms with Crippen molar-refractivity contribution in [1.29, 1.82) is 0 Å². The molecule has 0 atom stereocenters. The molecule has 0 saturated carbocycles. The van der Waals surface area contributed by atoms with Crippen LogP contribution in [0.4, 0.5) is 11.5 Å². The van der Waals surface area contributed by atoms with Crippen LogP contribution in [0.5, 0.6) is 0 Å². The van der Waals surface area contributed by atoms with Crippen LogP contribution in [0.2, 0.25) is 0 Å². The molecule has 0 aliphatic carbocycles. The van der Waals surface area contributed by atoms with Crippen molar-refractivity contribution in [1.82, 2.24) is 19.4 Å². The van der Waals surface area contributed by atoms with E-state index in [4.69, 9.17) is 15.7 Å². The van der Waals surface area contributed by atoms with Crippen LogP contribution in [0.15, 0.2) is 42.6 Å². The maximum absolute atomic E-state index is 11.9. The van der Waals surface area contributed by atoms with E-state index in [-0.39, 0.29) is 0 Å². The summed E-state index contributed by atoms with van der Waals surface area (Å²) in [6, 6.07) is 10.4. The Hall–Kier alpha value is -3.96. The largest absolute Gasteiger partial charge is 0.488 e. The van der Waals surface area contributed by atoms with Gasteiger partial charge in [-0.25, -0.2) is 15.0 Å². The summed E-state index contributed by atoms with van der Waals surface area (Å²) in [4.78, 5) is 26.0. The number of carbonyl (C=O) groups excluding carboxylic acids is 1. The average molecular weight is 443 g/mol. The van der Waals surface area contributed by atoms with Crippen molar-refractivity contribution in [2.75, 3.05) is 17.2 Å². The smallest absolute Gasteiger partial charge is 0.423 e. The molecule has 4 heterocycles. The van der Waals surface area contributed by atoms with E-state index in [9.17, 15) is 14.8 Å². The van der Waals surface area contributed by atoms with Crippen molar-refractivity contribution < 1.29 is 14.8 Å². The number of imidazole rings is 1. The first-order chi connectivity index (χ1) is 15.9. The molecule has 166 valence electrons. The molecule has 0 saturated heterocycles. The Bertz CT molecular complexity index is 1390. The number of benzene rings is 1. The third-order valence-electron chi connectivity index (χ3n) is 5.66. The first-order valence-electron chi connectivity index (χ1n) is 10.5. The molecule has 11 heteroatoms. The zero-order valence-electron chi connectivity index (χ0n) is 17.9. The Labute approximate surface area is 189 Å². The third-order valence-corrected chi connectivity index (χ3v) is 5.66. The summed E-state index contributed by atoms with van der Waals surface area (Å²) >= 11 is 0. The van der Waals surface area contributed by atoms with Gasteiger partial charge in [-0.15, -0.1) is 0 Å². The molecule has 0 radical (unpaired) electrons. The number of anilines is 2. The van der Waals surface area contributed by atoms with Gasteiger partial charge < -0.3 is 26.4 Å². The molecule has 1 aliphatic heterocycles. The number of primary amides is 1. The Kier molecular flexibility index (Phi) is 5.19. The number of fused-ring (bicyclic) bond motifs is 2. The number of nitrogens with one attached hydrogen (secondary N) is 2. The van der Waals surface area contributed by atoms with Gasteiger partial charge in [-0.1, -0.05) is 24.3 Å². The second-order valence-electron chi connectivity index (χ2n) is 7.89. The van der Waals surface area contributed by atoms with Crippen LogP contribution in [0.3, 0.4) is 0 Å². The highest BCUT2D eigenvalue weighted by atomic mass is 16.4. The van der Waals surface area contributed by atoms with Gasteiger partial charge in [-0.2, -0.15) is 0 Å². The maximum atomic E-state index is 11.9. The Morgan fingerprint density at radius 2 is 2.09 bits per heavy atom. The maximum Gasteiger partial charge on any atom is 0.488 e. The number of nitrogens with zero attached hydrogens (tertiary/aromatic N) is 4. The fourth-order valence-corrected chi connectivity index (χ4v) is 4.11. The normalized spacial score (nSPS) is 12.5. The number of hydrogen-bond acceptors (Lipinski definition) is 8. The van der Waals surface area contributed by atoms with Crippen molar-refractivity contribution in [2.45, 2.75) is 19.9 Å². The lowest BCUT2D eigenvalue weighted by Crippen LogP contribution is -2.30. The van der Waals surface area contributed by atoms with Crippen LogP contribution in [0, 0.1) is 6.92 Å². The van der Waals surface area contributed by atoms with Crippen molar-refractivity contribution in [2.24, 2.45) is 5.73 Å². The number of nitrogens with two attached hydrogens (primary N) is 1. The van der Waals surface area contributed by atoms with E-state index in [1.54, 1.807) is 34.7 Å². The van der Waals surface area contributed by atoms with Crippen LogP contribution >= 0.6 is 0 Å². The fraction of sp³-hybridized carbons (Fsp3) is 0.182. The number of aryl methyl sites for hydroxylation is 1. The Balaban J connectivity index is 1.56. The third kappa shape index (κ3) is 3.77. The summed E-state index contributed by atoms with van der Waals surface area (Å²) in [6.07, 6.45) is 2.57. The molecule has 1 aliphatic rings. The lowest BCUT2D eigenvalue weighted by Gasteiger charge is -2.13. The lowest BCUT2D eigenvalue weighted by molar-refractivity contribution is 0.100. The van der Waals surface area contributed by atoms with Gasteiger partial charge in [-0.05, 0) is 30.1 Å². The first-order valence-corrected chi connectivity index (χ1v) is 10.5. The second-order valence-corrected chi connectivity index (χ2v) is 7.89. The predicted molar refractivity (Wildman–Crippen MR) is 125 cm³/mol. The minimum absolute atomic E-state index is 0.332. The molecule has 0 unspecified atom stereocenters. The standard InChI is InChI=1S/C22H22BN7O3/c1-12-18(30-9-3-6-15(19(24)31)22(30)27-12)21-28-16-7-8-25-17(16)20(29-21)26-11-13-4-2-5-14(10-13)23(32)33/h2-6,9-10,25,32-33H,7-8,11H2,1H3,(H2,24,31)(H,26,28,29). The zero-order valence-corrected chi connectivity index (χ0v) is 17.9. The summed E-state index contributed by atoms with van der Waals surface area (Å²) in [7, 11) is -1.52. The lowest BCUT2D eigenvalue weighted by atomic mass is 9.80. The average Bonchev–Trinajstić information content (AvgIpc) is 3.40. The minimum Gasteiger partial charge on any atom is -0.423 e. The van der Waals surface area contributed by atoms with Gasteiger partial charge >= 0.3 is 7.12 Å². The molecule has 6 N–H and O–H groups in total. The molecule has 10 nitrogen and oxygen atoms in total. The predicted octanol–water partition coefficient (Wildman–Crippen LogP) is 0.459. The minimum atomic E-state index is -1.52. The molecule has 0 fully saturated rings. The summed E-state index contributed by atoms with van der Waals surface area (Å²) in [5, 5.41) is 25.6. The van der Waals surface area contributed by atoms with Crippen molar-refractivity contribution in [3.63, 3.8) is 0 Å². The number of amides is 1. The number of carbonyl (C=O) groups is 1. The first kappa shape index (κ1) is 20.9. The summed E-state index contributed by atoms with van der Waals surface area (Å²) in [5.74, 6) is 0.586. The molecular formula is C22H22BN7O3. The van der Waals surface area contributed by atoms with E-state index >= 15 is 0 Å². The van der Waals surface area contributed by atoms with Crippen LogP contribution < -0.4 is 21.8 Å². The van der Waals surface area contributed by atoms with Crippen LogP contribution in [-0.4, -0.2) is 49.0 Å². The molecular weight excluding hydrogens is 421 g/mol. The van der Waals surface area contributed by atoms with E-state index in [0.29, 0.717) is 46.2 Å². The molecule has 4 aromatic rings. The highest BCUT2D eigenvalue weighted by molar-refractivity contribution is 6.58. The van der Waals surface area contributed by atoms with Crippen LogP contribution in [-0.2, 0) is 13.0 Å². The van der Waals surface area contributed by atoms with E-state index < -0.39 is 13.0 Å². The molecule has 0 bridgehead atoms. The second kappa shape index (κ2) is 8.19. The van der Waals surface area contributed by atoms with Crippen molar-refractivity contribution in [3.8, 4) is 11.5 Å². The van der Waals surface area contributed by atoms with E-state index in [1.165, 1.54) is 0 Å². The molecule has 33 heavy (non-hydrogen) atoms. The van der Waals surface area contributed by atoms with Gasteiger partial charge in [0, 0.05) is 25.7 Å². The van der Waals surface area contributed by atoms with E-state index in [2.05, 4.69) is 15.6 Å². The quantitative estimate of drug-likeness (QED) is 0.270. The van der Waals surface area contributed by atoms with Gasteiger partial charge in [0.15, 0.2) is 11.6 Å². The highest BCUT2D eigenvalue weighted by Crippen LogP contribution is 2.32. The van der Waals surface area contributed by atoms with Gasteiger partial charge in [0.25, 0.3) is 5.91 Å². The molecule has 1 aromatic carbocycles. The molecule has 5 rings (SSSR count). The Morgan fingerprint density at radius 1 is 1.24 bits per heavy atom. The Morgan fingerprint density at radius 3 is 2.88 bits per heavy atom. The highest BCUT2D eigenvalue weighted by Gasteiger charge is 2.23. The fourth-order valence-electron chi connectivity index (χ4n) is 4.11. The topological polar surface area (TPSA) is 151 Å². The zero-order chi connectivity index (χ0) is 23.1. The van der Waals surface area contributed by atoms with Gasteiger partial charge in [0.1, 0.15) is 11.3 Å². The number of rotatable bonds is 6. The van der Waals surface area contributed by atoms with Crippen LogP contribution in [0.1, 0.15) is 27.3 Å². The molecule has 0 spiro atoms. The van der Waals surface area contributed by atoms with E-state index in [0.717, 1.165) is 29.9 Å². The van der Waals surface area contributed by atoms with Gasteiger partial charge in [0.05, 0.1) is 22.6 Å². The monoisotopic (exact) mass is 443 g/mol. The molecule has 3 aromatic heterocycles. The summed E-state index contributed by atoms with van der Waals surface area (Å²) in [5.41, 5.74) is 10.7. The number of pyridine rings is 1. The number of aromatic nitrogens is 4. The number of hydrogen-bond donors (Lipinski definition) is 5.